The molecule has 0 radical (unpaired) electrons. The highest BCUT2D eigenvalue weighted by Gasteiger charge is 2.39. The van der Waals surface area contributed by atoms with Crippen LogP contribution in [0.25, 0.3) is 0 Å². The van der Waals surface area contributed by atoms with Gasteiger partial charge in [-0.25, -0.2) is 0 Å². The van der Waals surface area contributed by atoms with Crippen molar-refractivity contribution in [1.29, 1.82) is 0 Å². The van der Waals surface area contributed by atoms with Gasteiger partial charge in [-0.3, -0.25) is 14.4 Å². The first-order valence-corrected chi connectivity index (χ1v) is 13.8. The van der Waals surface area contributed by atoms with Crippen molar-refractivity contribution in [2.24, 2.45) is 0 Å². The van der Waals surface area contributed by atoms with Gasteiger partial charge in [0, 0.05) is 18.3 Å². The lowest BCUT2D eigenvalue weighted by Gasteiger charge is -2.42. The summed E-state index contributed by atoms with van der Waals surface area (Å²) in [5.74, 6) is 0.388. The largest absolute Gasteiger partial charge is 0.497 e. The number of anilines is 1. The van der Waals surface area contributed by atoms with Gasteiger partial charge in [0.05, 0.1) is 37.3 Å². The first-order chi connectivity index (χ1) is 19.8. The molecule has 3 aromatic rings. The van der Waals surface area contributed by atoms with E-state index in [0.717, 1.165) is 5.56 Å². The van der Waals surface area contributed by atoms with Crippen molar-refractivity contribution in [1.82, 2.24) is 10.2 Å². The Morgan fingerprint density at radius 1 is 1.05 bits per heavy atom. The first kappa shape index (κ1) is 28.2. The highest BCUT2D eigenvalue weighted by Crippen LogP contribution is 2.33. The number of carbonyl (C=O) groups excluding carboxylic acids is 3. The molecule has 2 N–H and O–H groups in total. The van der Waals surface area contributed by atoms with Gasteiger partial charge >= 0.3 is 0 Å². The molecule has 2 aliphatic rings. The van der Waals surface area contributed by atoms with Gasteiger partial charge in [0.2, 0.25) is 5.91 Å². The quantitative estimate of drug-likeness (QED) is 0.440. The number of hydrogen-bond donors (Lipinski definition) is 2. The maximum Gasteiger partial charge on any atom is 0.257 e. The van der Waals surface area contributed by atoms with Gasteiger partial charge in [-0.1, -0.05) is 36.4 Å². The highest BCUT2D eigenvalue weighted by molar-refractivity contribution is 6.05. The van der Waals surface area contributed by atoms with Crippen molar-refractivity contribution < 1.29 is 28.6 Å². The number of methoxy groups -OCH3 is 1. The van der Waals surface area contributed by atoms with E-state index in [-0.39, 0.29) is 55.0 Å². The fourth-order valence-corrected chi connectivity index (χ4v) is 5.41. The van der Waals surface area contributed by atoms with Crippen molar-refractivity contribution in [2.45, 2.75) is 50.5 Å². The topological polar surface area (TPSA) is 106 Å². The molecular formula is C32H35N3O6. The van der Waals surface area contributed by atoms with Crippen LogP contribution >= 0.6 is 0 Å². The van der Waals surface area contributed by atoms with Crippen LogP contribution in [0.5, 0.6) is 11.5 Å². The first-order valence-electron chi connectivity index (χ1n) is 13.8. The summed E-state index contributed by atoms with van der Waals surface area (Å²) < 4.78 is 17.6. The van der Waals surface area contributed by atoms with Crippen LogP contribution in [0.4, 0.5) is 5.69 Å². The monoisotopic (exact) mass is 557 g/mol. The Balaban J connectivity index is 1.23. The average Bonchev–Trinajstić information content (AvgIpc) is 2.99. The van der Waals surface area contributed by atoms with E-state index in [1.165, 1.54) is 0 Å². The molecule has 41 heavy (non-hydrogen) atoms. The zero-order valence-electron chi connectivity index (χ0n) is 23.5. The molecule has 1 fully saturated rings. The molecule has 2 heterocycles. The van der Waals surface area contributed by atoms with E-state index in [1.807, 2.05) is 37.3 Å². The predicted octanol–water partition coefficient (Wildman–Crippen LogP) is 4.60. The van der Waals surface area contributed by atoms with E-state index in [9.17, 15) is 14.4 Å². The number of ether oxygens (including phenoxy) is 3. The maximum atomic E-state index is 13.5. The van der Waals surface area contributed by atoms with Crippen LogP contribution in [0, 0.1) is 0 Å². The van der Waals surface area contributed by atoms with Crippen LogP contribution in [0.2, 0.25) is 0 Å². The van der Waals surface area contributed by atoms with Gasteiger partial charge in [0.15, 0.2) is 0 Å². The average molecular weight is 558 g/mol. The number of rotatable bonds is 7. The normalized spacial score (nSPS) is 20.8. The minimum Gasteiger partial charge on any atom is -0.497 e. The molecule has 0 spiro atoms. The summed E-state index contributed by atoms with van der Waals surface area (Å²) in [6.07, 6.45) is 0.937. The number of amides is 3. The third kappa shape index (κ3) is 6.52. The van der Waals surface area contributed by atoms with Gasteiger partial charge in [-0.2, -0.15) is 0 Å². The Labute approximate surface area is 239 Å². The predicted molar refractivity (Wildman–Crippen MR) is 154 cm³/mol. The summed E-state index contributed by atoms with van der Waals surface area (Å²) >= 11 is 0. The van der Waals surface area contributed by atoms with E-state index in [1.54, 1.807) is 61.5 Å². The number of nitrogens with zero attached hydrogens (tertiary/aromatic N) is 1. The van der Waals surface area contributed by atoms with Crippen LogP contribution in [-0.4, -0.2) is 61.6 Å². The number of likely N-dealkylation sites (N-methyl/N-ethyl adjacent to an activating group) is 1. The van der Waals surface area contributed by atoms with Crippen molar-refractivity contribution in [3.05, 3.63) is 89.5 Å². The Morgan fingerprint density at radius 2 is 1.85 bits per heavy atom. The van der Waals surface area contributed by atoms with Crippen molar-refractivity contribution >= 4 is 23.4 Å². The Kier molecular flexibility index (Phi) is 8.54. The van der Waals surface area contributed by atoms with E-state index in [2.05, 4.69) is 10.6 Å². The molecule has 0 aliphatic carbocycles. The number of carbonyl (C=O) groups is 3. The molecule has 4 atom stereocenters. The van der Waals surface area contributed by atoms with Gasteiger partial charge in [-0.05, 0) is 61.7 Å². The van der Waals surface area contributed by atoms with Crippen LogP contribution in [-0.2, 0) is 9.53 Å². The summed E-state index contributed by atoms with van der Waals surface area (Å²) in [7, 11) is 3.30. The Morgan fingerprint density at radius 3 is 2.63 bits per heavy atom. The molecule has 1 saturated heterocycles. The fraction of sp³-hybridized carbons (Fsp3) is 0.344. The molecule has 3 aromatic carbocycles. The molecule has 5 rings (SSSR count). The minimum atomic E-state index is -0.373. The van der Waals surface area contributed by atoms with E-state index >= 15 is 0 Å². The lowest BCUT2D eigenvalue weighted by molar-refractivity contribution is -0.134. The second kappa shape index (κ2) is 12.4. The Hall–Kier alpha value is -4.37. The van der Waals surface area contributed by atoms with Crippen molar-refractivity contribution in [2.75, 3.05) is 26.1 Å². The summed E-state index contributed by atoms with van der Waals surface area (Å²) in [6.45, 7) is 2.20. The number of hydrogen-bond acceptors (Lipinski definition) is 6. The summed E-state index contributed by atoms with van der Waals surface area (Å²) in [5, 5.41) is 5.90. The standard InChI is InChI=1S/C32H35N3O6/c1-20(21-8-5-4-6-9-21)33-30(36)18-25-13-14-27-29(41-25)19-40-28-15-12-23(17-26(28)32(38)35(27)2)34-31(37)22-10-7-11-24(16-22)39-3/h4-12,15-17,20,25,27,29H,13-14,18-19H2,1-3H3,(H,33,36)(H,34,37)/t20-,25+,27+,29+/m0/s1. The molecule has 0 unspecified atom stereocenters. The van der Waals surface area contributed by atoms with E-state index in [4.69, 9.17) is 14.2 Å². The van der Waals surface area contributed by atoms with Crippen LogP contribution in [0.1, 0.15) is 58.5 Å². The smallest absolute Gasteiger partial charge is 0.257 e. The molecule has 214 valence electrons. The summed E-state index contributed by atoms with van der Waals surface area (Å²) in [6, 6.07) is 21.4. The Bertz CT molecular complexity index is 1410. The lowest BCUT2D eigenvalue weighted by atomic mass is 9.94. The number of fused-ring (bicyclic) bond motifs is 2. The minimum absolute atomic E-state index is 0.0742. The van der Waals surface area contributed by atoms with Gasteiger partial charge < -0.3 is 29.7 Å². The zero-order chi connectivity index (χ0) is 28.9. The van der Waals surface area contributed by atoms with Crippen molar-refractivity contribution in [3.63, 3.8) is 0 Å². The van der Waals surface area contributed by atoms with Gasteiger partial charge in [0.25, 0.3) is 11.8 Å². The van der Waals surface area contributed by atoms with Crippen LogP contribution < -0.4 is 20.1 Å². The van der Waals surface area contributed by atoms with Crippen molar-refractivity contribution in [3.8, 4) is 11.5 Å². The summed E-state index contributed by atoms with van der Waals surface area (Å²) in [4.78, 5) is 40.8. The van der Waals surface area contributed by atoms with E-state index < -0.39 is 0 Å². The molecule has 2 aliphatic heterocycles. The van der Waals surface area contributed by atoms with E-state index in [0.29, 0.717) is 41.2 Å². The van der Waals surface area contributed by atoms with Crippen LogP contribution in [0.3, 0.4) is 0 Å². The molecule has 9 nitrogen and oxygen atoms in total. The number of nitrogens with one attached hydrogen (secondary N) is 2. The molecular weight excluding hydrogens is 522 g/mol. The molecule has 0 saturated carbocycles. The second-order valence-corrected chi connectivity index (χ2v) is 10.5. The molecule has 3 amide bonds. The molecule has 9 heteroatoms. The SMILES string of the molecule is COc1cccc(C(=O)Nc2ccc3c(c2)C(=O)N(C)[C@@H]2CC[C@H](CC(=O)N[C@@H](C)c4ccccc4)O[C@@H]2CO3)c1. The maximum absolute atomic E-state index is 13.5. The second-order valence-electron chi connectivity index (χ2n) is 10.5. The summed E-state index contributed by atoms with van der Waals surface area (Å²) in [5.41, 5.74) is 2.33. The fourth-order valence-electron chi connectivity index (χ4n) is 5.41. The van der Waals surface area contributed by atoms with Gasteiger partial charge in [-0.15, -0.1) is 0 Å². The third-order valence-electron chi connectivity index (χ3n) is 7.69. The molecule has 0 aromatic heterocycles. The lowest BCUT2D eigenvalue weighted by Crippen LogP contribution is -2.54. The zero-order valence-corrected chi connectivity index (χ0v) is 23.5. The number of benzene rings is 3. The van der Waals surface area contributed by atoms with Gasteiger partial charge in [0.1, 0.15) is 24.2 Å². The van der Waals surface area contributed by atoms with Crippen LogP contribution in [0.15, 0.2) is 72.8 Å². The molecule has 0 bridgehead atoms. The third-order valence-corrected chi connectivity index (χ3v) is 7.69. The highest BCUT2D eigenvalue weighted by atomic mass is 16.5.